The molecule has 4 rings (SSSR count). The van der Waals surface area contributed by atoms with Gasteiger partial charge < -0.3 is 15.3 Å². The number of carbonyl (C=O) groups is 1. The predicted octanol–water partition coefficient (Wildman–Crippen LogP) is 4.62. The molecule has 172 valence electrons. The van der Waals surface area contributed by atoms with E-state index in [9.17, 15) is 9.90 Å². The molecule has 2 N–H and O–H groups in total. The molecule has 1 heterocycles. The van der Waals surface area contributed by atoms with E-state index in [4.69, 9.17) is 0 Å². The first-order valence-electron chi connectivity index (χ1n) is 12.0. The molecule has 0 atom stereocenters. The minimum atomic E-state index is -1.70. The van der Waals surface area contributed by atoms with Gasteiger partial charge in [0.2, 0.25) is 0 Å². The molecule has 0 spiro atoms. The molecule has 0 saturated carbocycles. The fourth-order valence-electron chi connectivity index (χ4n) is 4.93. The van der Waals surface area contributed by atoms with Gasteiger partial charge in [-0.1, -0.05) is 84.9 Å². The predicted molar refractivity (Wildman–Crippen MR) is 133 cm³/mol. The fraction of sp³-hybridized carbons (Fsp3) is 0.345. The van der Waals surface area contributed by atoms with E-state index in [1.807, 2.05) is 36.4 Å². The summed E-state index contributed by atoms with van der Waals surface area (Å²) < 4.78 is 0. The SMILES string of the molecule is Cc1ccccc1C1CCN(CCCNC(=O)C(O)(c2ccccc2)c2ccccc2)CC1. The van der Waals surface area contributed by atoms with E-state index in [1.54, 1.807) is 24.3 Å². The van der Waals surface area contributed by atoms with Crippen LogP contribution in [0, 0.1) is 6.92 Å². The van der Waals surface area contributed by atoms with Gasteiger partial charge in [-0.3, -0.25) is 4.79 Å². The Hall–Kier alpha value is -2.95. The largest absolute Gasteiger partial charge is 0.372 e. The summed E-state index contributed by atoms with van der Waals surface area (Å²) in [7, 11) is 0. The van der Waals surface area contributed by atoms with Crippen LogP contribution >= 0.6 is 0 Å². The second-order valence-corrected chi connectivity index (χ2v) is 9.02. The number of aliphatic hydroxyl groups is 1. The summed E-state index contributed by atoms with van der Waals surface area (Å²) in [4.78, 5) is 15.7. The van der Waals surface area contributed by atoms with Crippen LogP contribution in [0.5, 0.6) is 0 Å². The lowest BCUT2D eigenvalue weighted by atomic mass is 9.85. The minimum Gasteiger partial charge on any atom is -0.372 e. The van der Waals surface area contributed by atoms with E-state index < -0.39 is 5.60 Å². The number of amides is 1. The van der Waals surface area contributed by atoms with Crippen LogP contribution in [0.2, 0.25) is 0 Å². The van der Waals surface area contributed by atoms with Crippen molar-refractivity contribution in [3.05, 3.63) is 107 Å². The molecule has 33 heavy (non-hydrogen) atoms. The van der Waals surface area contributed by atoms with Crippen LogP contribution in [-0.4, -0.2) is 42.1 Å². The number of rotatable bonds is 8. The molecule has 4 heteroatoms. The van der Waals surface area contributed by atoms with Gasteiger partial charge in [0.25, 0.3) is 5.91 Å². The van der Waals surface area contributed by atoms with Gasteiger partial charge in [0.05, 0.1) is 0 Å². The molecule has 0 aromatic heterocycles. The van der Waals surface area contributed by atoms with Crippen molar-refractivity contribution in [3.63, 3.8) is 0 Å². The summed E-state index contributed by atoms with van der Waals surface area (Å²) in [6.07, 6.45) is 3.22. The number of hydrogen-bond donors (Lipinski definition) is 2. The van der Waals surface area contributed by atoms with E-state index >= 15 is 0 Å². The van der Waals surface area contributed by atoms with Crippen LogP contribution in [0.1, 0.15) is 47.4 Å². The van der Waals surface area contributed by atoms with Gasteiger partial charge in [-0.25, -0.2) is 0 Å². The zero-order chi connectivity index (χ0) is 23.1. The molecule has 0 aliphatic carbocycles. The van der Waals surface area contributed by atoms with E-state index in [2.05, 4.69) is 41.4 Å². The number of piperidine rings is 1. The first kappa shape index (κ1) is 23.2. The topological polar surface area (TPSA) is 52.6 Å². The van der Waals surface area contributed by atoms with Gasteiger partial charge in [-0.05, 0) is 74.0 Å². The van der Waals surface area contributed by atoms with Crippen molar-refractivity contribution < 1.29 is 9.90 Å². The van der Waals surface area contributed by atoms with Gasteiger partial charge in [-0.2, -0.15) is 0 Å². The monoisotopic (exact) mass is 442 g/mol. The number of nitrogens with zero attached hydrogens (tertiary/aromatic N) is 1. The van der Waals surface area contributed by atoms with Gasteiger partial charge in [0, 0.05) is 6.54 Å². The number of aryl methyl sites for hydroxylation is 1. The van der Waals surface area contributed by atoms with E-state index in [0.717, 1.165) is 26.1 Å². The molecule has 4 nitrogen and oxygen atoms in total. The molecule has 1 amide bonds. The van der Waals surface area contributed by atoms with Crippen molar-refractivity contribution >= 4 is 5.91 Å². The molecule has 0 radical (unpaired) electrons. The lowest BCUT2D eigenvalue weighted by Crippen LogP contribution is -2.46. The maximum absolute atomic E-state index is 13.2. The lowest BCUT2D eigenvalue weighted by molar-refractivity contribution is -0.136. The zero-order valence-corrected chi connectivity index (χ0v) is 19.4. The maximum atomic E-state index is 13.2. The highest BCUT2D eigenvalue weighted by Crippen LogP contribution is 2.31. The summed E-state index contributed by atoms with van der Waals surface area (Å²) >= 11 is 0. The average molecular weight is 443 g/mol. The Morgan fingerprint density at radius 1 is 0.909 bits per heavy atom. The van der Waals surface area contributed by atoms with Crippen LogP contribution in [0.25, 0.3) is 0 Å². The Labute approximate surface area is 197 Å². The van der Waals surface area contributed by atoms with Crippen molar-refractivity contribution in [1.82, 2.24) is 10.2 Å². The maximum Gasteiger partial charge on any atom is 0.261 e. The van der Waals surface area contributed by atoms with Crippen molar-refractivity contribution in [2.75, 3.05) is 26.2 Å². The molecule has 1 aliphatic rings. The molecule has 3 aromatic rings. The summed E-state index contributed by atoms with van der Waals surface area (Å²) in [5, 5.41) is 14.5. The highest BCUT2D eigenvalue weighted by Gasteiger charge is 2.39. The first-order valence-corrected chi connectivity index (χ1v) is 12.0. The summed E-state index contributed by atoms with van der Waals surface area (Å²) in [6, 6.07) is 27.1. The third-order valence-electron chi connectivity index (χ3n) is 6.86. The molecular weight excluding hydrogens is 408 g/mol. The Morgan fingerprint density at radius 2 is 1.45 bits per heavy atom. The van der Waals surface area contributed by atoms with Crippen LogP contribution in [-0.2, 0) is 10.4 Å². The highest BCUT2D eigenvalue weighted by atomic mass is 16.3. The van der Waals surface area contributed by atoms with Gasteiger partial charge >= 0.3 is 0 Å². The quantitative estimate of drug-likeness (QED) is 0.501. The number of carbonyl (C=O) groups excluding carboxylic acids is 1. The van der Waals surface area contributed by atoms with Gasteiger partial charge in [-0.15, -0.1) is 0 Å². The Morgan fingerprint density at radius 3 is 2.03 bits per heavy atom. The lowest BCUT2D eigenvalue weighted by Gasteiger charge is -2.33. The third-order valence-corrected chi connectivity index (χ3v) is 6.86. The molecule has 1 aliphatic heterocycles. The highest BCUT2D eigenvalue weighted by molar-refractivity contribution is 5.90. The summed E-state index contributed by atoms with van der Waals surface area (Å²) in [5.41, 5.74) is 2.33. The third kappa shape index (κ3) is 5.35. The number of likely N-dealkylation sites (tertiary alicyclic amines) is 1. The minimum absolute atomic E-state index is 0.377. The summed E-state index contributed by atoms with van der Waals surface area (Å²) in [6.45, 7) is 5.88. The molecule has 1 fully saturated rings. The number of hydrogen-bond acceptors (Lipinski definition) is 3. The second kappa shape index (κ2) is 10.8. The van der Waals surface area contributed by atoms with Crippen molar-refractivity contribution in [1.29, 1.82) is 0 Å². The van der Waals surface area contributed by atoms with Crippen LogP contribution in [0.4, 0.5) is 0 Å². The van der Waals surface area contributed by atoms with Gasteiger partial charge in [0.1, 0.15) is 0 Å². The standard InChI is InChI=1S/C29H34N2O2/c1-23-11-8-9-16-27(23)24-17-21-31(22-18-24)20-10-19-30-28(32)29(33,25-12-4-2-5-13-25)26-14-6-3-7-15-26/h2-9,11-16,24,33H,10,17-22H2,1H3,(H,30,32). The van der Waals surface area contributed by atoms with Crippen LogP contribution in [0.15, 0.2) is 84.9 Å². The normalized spacial score (nSPS) is 15.3. The van der Waals surface area contributed by atoms with Gasteiger partial charge in [0.15, 0.2) is 5.60 Å². The zero-order valence-electron chi connectivity index (χ0n) is 19.4. The Bertz CT molecular complexity index is 988. The van der Waals surface area contributed by atoms with Crippen molar-refractivity contribution in [3.8, 4) is 0 Å². The van der Waals surface area contributed by atoms with E-state index in [1.165, 1.54) is 24.0 Å². The molecule has 1 saturated heterocycles. The smallest absolute Gasteiger partial charge is 0.261 e. The van der Waals surface area contributed by atoms with E-state index in [-0.39, 0.29) is 5.91 Å². The first-order chi connectivity index (χ1) is 16.1. The van der Waals surface area contributed by atoms with E-state index in [0.29, 0.717) is 23.6 Å². The second-order valence-electron chi connectivity index (χ2n) is 9.02. The summed E-state index contributed by atoms with van der Waals surface area (Å²) in [5.74, 6) is 0.270. The van der Waals surface area contributed by atoms with Crippen LogP contribution < -0.4 is 5.32 Å². The number of nitrogens with one attached hydrogen (secondary N) is 1. The fourth-order valence-corrected chi connectivity index (χ4v) is 4.93. The van der Waals surface area contributed by atoms with Crippen molar-refractivity contribution in [2.24, 2.45) is 0 Å². The Kier molecular flexibility index (Phi) is 7.58. The average Bonchev–Trinajstić information content (AvgIpc) is 2.88. The molecule has 0 unspecified atom stereocenters. The van der Waals surface area contributed by atoms with Crippen LogP contribution in [0.3, 0.4) is 0 Å². The Balaban J connectivity index is 1.29. The molecule has 0 bridgehead atoms. The molecule has 3 aromatic carbocycles. The number of benzene rings is 3. The molecular formula is C29H34N2O2. The van der Waals surface area contributed by atoms with Crippen molar-refractivity contribution in [2.45, 2.75) is 37.7 Å².